The molecule has 0 amide bonds. The number of hydrogen-bond donors (Lipinski definition) is 1. The Morgan fingerprint density at radius 1 is 0.750 bits per heavy atom. The summed E-state index contributed by atoms with van der Waals surface area (Å²) >= 11 is 0. The summed E-state index contributed by atoms with van der Waals surface area (Å²) in [6.45, 7) is 0. The van der Waals surface area contributed by atoms with Crippen LogP contribution < -0.4 is 15.2 Å². The molecule has 2 N–H and O–H groups in total. The van der Waals surface area contributed by atoms with Crippen molar-refractivity contribution in [2.45, 2.75) is 0 Å². The number of ether oxygens (including phenoxy) is 2. The second kappa shape index (κ2) is 4.57. The summed E-state index contributed by atoms with van der Waals surface area (Å²) in [4.78, 5) is 0. The second-order valence-electron chi connectivity index (χ2n) is 3.35. The summed E-state index contributed by atoms with van der Waals surface area (Å²) in [5, 5.41) is 0. The van der Waals surface area contributed by atoms with Gasteiger partial charge in [-0.1, -0.05) is 0 Å². The largest absolute Gasteiger partial charge is 0.497 e. The molecule has 0 aromatic heterocycles. The van der Waals surface area contributed by atoms with Crippen molar-refractivity contribution in [1.29, 1.82) is 0 Å². The van der Waals surface area contributed by atoms with E-state index >= 15 is 0 Å². The van der Waals surface area contributed by atoms with Gasteiger partial charge in [-0.2, -0.15) is 0 Å². The third-order valence-electron chi connectivity index (χ3n) is 2.18. The van der Waals surface area contributed by atoms with E-state index in [4.69, 9.17) is 15.2 Å². The standard InChI is InChI=1S/C13H13NO2/c1-15-11-6-8-13(9-7-11)16-12-4-2-10(14)3-5-12/h2-9H,14H2,1H3. The average molecular weight is 215 g/mol. The molecule has 2 aromatic rings. The van der Waals surface area contributed by atoms with Gasteiger partial charge in [-0.05, 0) is 48.5 Å². The Hall–Kier alpha value is -2.16. The molecule has 0 bridgehead atoms. The van der Waals surface area contributed by atoms with E-state index in [0.717, 1.165) is 22.9 Å². The number of benzene rings is 2. The SMILES string of the molecule is COc1ccc(Oc2ccc(N)cc2)cc1. The predicted molar refractivity (Wildman–Crippen MR) is 63.9 cm³/mol. The summed E-state index contributed by atoms with van der Waals surface area (Å²) in [7, 11) is 1.63. The van der Waals surface area contributed by atoms with Gasteiger partial charge in [0.05, 0.1) is 7.11 Å². The number of methoxy groups -OCH3 is 1. The molecular weight excluding hydrogens is 202 g/mol. The van der Waals surface area contributed by atoms with Crippen molar-refractivity contribution in [2.75, 3.05) is 12.8 Å². The summed E-state index contributed by atoms with van der Waals surface area (Å²) in [5.41, 5.74) is 6.31. The fourth-order valence-corrected chi connectivity index (χ4v) is 1.32. The van der Waals surface area contributed by atoms with Gasteiger partial charge in [-0.3, -0.25) is 0 Å². The minimum Gasteiger partial charge on any atom is -0.497 e. The maximum atomic E-state index is 5.62. The van der Waals surface area contributed by atoms with E-state index in [2.05, 4.69) is 0 Å². The predicted octanol–water partition coefficient (Wildman–Crippen LogP) is 3.07. The van der Waals surface area contributed by atoms with Crippen molar-refractivity contribution >= 4 is 5.69 Å². The molecule has 3 nitrogen and oxygen atoms in total. The zero-order valence-electron chi connectivity index (χ0n) is 9.01. The van der Waals surface area contributed by atoms with Crippen LogP contribution in [0.15, 0.2) is 48.5 Å². The fraction of sp³-hybridized carbons (Fsp3) is 0.0769. The van der Waals surface area contributed by atoms with Crippen LogP contribution >= 0.6 is 0 Å². The van der Waals surface area contributed by atoms with E-state index in [-0.39, 0.29) is 0 Å². The molecule has 3 heteroatoms. The van der Waals surface area contributed by atoms with Gasteiger partial charge in [0.15, 0.2) is 0 Å². The van der Waals surface area contributed by atoms with E-state index < -0.39 is 0 Å². The average Bonchev–Trinajstić information content (AvgIpc) is 2.33. The zero-order valence-corrected chi connectivity index (χ0v) is 9.01. The Kier molecular flexibility index (Phi) is 2.96. The molecule has 0 radical (unpaired) electrons. The normalized spacial score (nSPS) is 9.81. The zero-order chi connectivity index (χ0) is 11.4. The van der Waals surface area contributed by atoms with Gasteiger partial charge in [-0.15, -0.1) is 0 Å². The molecule has 2 rings (SSSR count). The van der Waals surface area contributed by atoms with Gasteiger partial charge in [0.2, 0.25) is 0 Å². The minimum atomic E-state index is 0.724. The Morgan fingerprint density at radius 3 is 1.69 bits per heavy atom. The molecule has 16 heavy (non-hydrogen) atoms. The summed E-state index contributed by atoms with van der Waals surface area (Å²) < 4.78 is 10.7. The molecule has 0 heterocycles. The van der Waals surface area contributed by atoms with Crippen molar-refractivity contribution in [1.82, 2.24) is 0 Å². The molecule has 0 aliphatic rings. The third-order valence-corrected chi connectivity index (χ3v) is 2.18. The highest BCUT2D eigenvalue weighted by Gasteiger charge is 1.97. The highest BCUT2D eigenvalue weighted by atomic mass is 16.5. The fourth-order valence-electron chi connectivity index (χ4n) is 1.32. The molecule has 82 valence electrons. The maximum absolute atomic E-state index is 5.62. The number of rotatable bonds is 3. The number of nitrogens with two attached hydrogens (primary N) is 1. The molecule has 0 saturated carbocycles. The quantitative estimate of drug-likeness (QED) is 0.800. The molecule has 0 unspecified atom stereocenters. The summed E-state index contributed by atoms with van der Waals surface area (Å²) in [6.07, 6.45) is 0. The van der Waals surface area contributed by atoms with Crippen LogP contribution in [0.5, 0.6) is 17.2 Å². The maximum Gasteiger partial charge on any atom is 0.127 e. The lowest BCUT2D eigenvalue weighted by Gasteiger charge is -2.06. The first kappa shape index (κ1) is 10.4. The van der Waals surface area contributed by atoms with E-state index in [1.807, 2.05) is 36.4 Å². The van der Waals surface area contributed by atoms with Crippen LogP contribution in [0.3, 0.4) is 0 Å². The molecule has 0 saturated heterocycles. The minimum absolute atomic E-state index is 0.724. The van der Waals surface area contributed by atoms with Gasteiger partial charge in [0.1, 0.15) is 17.2 Å². The highest BCUT2D eigenvalue weighted by molar-refractivity contribution is 5.43. The van der Waals surface area contributed by atoms with Crippen LogP contribution in [0, 0.1) is 0 Å². The topological polar surface area (TPSA) is 44.5 Å². The van der Waals surface area contributed by atoms with Crippen molar-refractivity contribution in [3.05, 3.63) is 48.5 Å². The van der Waals surface area contributed by atoms with Crippen LogP contribution in [-0.4, -0.2) is 7.11 Å². The molecule has 2 aromatic carbocycles. The number of nitrogen functional groups attached to an aromatic ring is 1. The van der Waals surface area contributed by atoms with Crippen molar-refractivity contribution in [3.63, 3.8) is 0 Å². The van der Waals surface area contributed by atoms with E-state index in [9.17, 15) is 0 Å². The van der Waals surface area contributed by atoms with Gasteiger partial charge < -0.3 is 15.2 Å². The molecule has 0 aliphatic carbocycles. The Balaban J connectivity index is 2.11. The Bertz CT molecular complexity index is 448. The molecule has 0 atom stereocenters. The van der Waals surface area contributed by atoms with Crippen LogP contribution in [0.1, 0.15) is 0 Å². The van der Waals surface area contributed by atoms with Gasteiger partial charge in [-0.25, -0.2) is 0 Å². The lowest BCUT2D eigenvalue weighted by atomic mass is 10.3. The van der Waals surface area contributed by atoms with Crippen molar-refractivity contribution in [2.24, 2.45) is 0 Å². The van der Waals surface area contributed by atoms with Gasteiger partial charge >= 0.3 is 0 Å². The Morgan fingerprint density at radius 2 is 1.19 bits per heavy atom. The monoisotopic (exact) mass is 215 g/mol. The second-order valence-corrected chi connectivity index (χ2v) is 3.35. The lowest BCUT2D eigenvalue weighted by Crippen LogP contribution is -1.87. The highest BCUT2D eigenvalue weighted by Crippen LogP contribution is 2.24. The first-order valence-corrected chi connectivity index (χ1v) is 4.95. The first-order chi connectivity index (χ1) is 7.78. The molecule has 0 aliphatic heterocycles. The molecular formula is C13H13NO2. The summed E-state index contributed by atoms with van der Waals surface area (Å²) in [5.74, 6) is 2.34. The van der Waals surface area contributed by atoms with Gasteiger partial charge in [0.25, 0.3) is 0 Å². The van der Waals surface area contributed by atoms with Crippen LogP contribution in [-0.2, 0) is 0 Å². The van der Waals surface area contributed by atoms with Crippen LogP contribution in [0.2, 0.25) is 0 Å². The number of hydrogen-bond acceptors (Lipinski definition) is 3. The van der Waals surface area contributed by atoms with Gasteiger partial charge in [0, 0.05) is 5.69 Å². The van der Waals surface area contributed by atoms with E-state index in [0.29, 0.717) is 0 Å². The van der Waals surface area contributed by atoms with Crippen molar-refractivity contribution < 1.29 is 9.47 Å². The van der Waals surface area contributed by atoms with Crippen LogP contribution in [0.25, 0.3) is 0 Å². The lowest BCUT2D eigenvalue weighted by molar-refractivity contribution is 0.413. The molecule has 0 spiro atoms. The smallest absolute Gasteiger partial charge is 0.127 e. The van der Waals surface area contributed by atoms with E-state index in [1.165, 1.54) is 0 Å². The summed E-state index contributed by atoms with van der Waals surface area (Å²) in [6, 6.07) is 14.7. The third kappa shape index (κ3) is 2.45. The van der Waals surface area contributed by atoms with E-state index in [1.54, 1.807) is 19.2 Å². The Labute approximate surface area is 94.4 Å². The van der Waals surface area contributed by atoms with Crippen molar-refractivity contribution in [3.8, 4) is 17.2 Å². The van der Waals surface area contributed by atoms with Crippen LogP contribution in [0.4, 0.5) is 5.69 Å². The molecule has 0 fully saturated rings. The number of anilines is 1. The first-order valence-electron chi connectivity index (χ1n) is 4.95.